The number of aryl methyl sites for hydroxylation is 1. The number of hydrogen-bond acceptors (Lipinski definition) is 0. The quantitative estimate of drug-likeness (QED) is 0.370. The fraction of sp³-hybridized carbons (Fsp3) is 0.143. The van der Waals surface area contributed by atoms with Crippen LogP contribution in [0.5, 0.6) is 0 Å². The lowest BCUT2D eigenvalue weighted by Gasteiger charge is -2.14. The van der Waals surface area contributed by atoms with E-state index in [1.807, 2.05) is 25.1 Å². The summed E-state index contributed by atoms with van der Waals surface area (Å²) in [5.74, 6) is -0.930. The highest BCUT2D eigenvalue weighted by atomic mass is 79.9. The normalized spacial score (nSPS) is 12.5. The highest BCUT2D eigenvalue weighted by Gasteiger charge is 2.18. The van der Waals surface area contributed by atoms with Crippen molar-refractivity contribution in [1.29, 1.82) is 0 Å². The van der Waals surface area contributed by atoms with Gasteiger partial charge in [-0.1, -0.05) is 37.9 Å². The van der Waals surface area contributed by atoms with Crippen LogP contribution in [0.3, 0.4) is 0 Å². The van der Waals surface area contributed by atoms with Crippen molar-refractivity contribution in [2.24, 2.45) is 0 Å². The SMILES string of the molecule is Cc1cc(Br)cc(C(Br)c2cc(F)c(Br)cc2F)c1. The van der Waals surface area contributed by atoms with Crippen molar-refractivity contribution in [3.8, 4) is 0 Å². The Hall–Kier alpha value is -0.260. The van der Waals surface area contributed by atoms with E-state index < -0.39 is 16.5 Å². The lowest BCUT2D eigenvalue weighted by molar-refractivity contribution is 0.583. The zero-order chi connectivity index (χ0) is 14.2. The van der Waals surface area contributed by atoms with Gasteiger partial charge in [-0.3, -0.25) is 0 Å². The van der Waals surface area contributed by atoms with Gasteiger partial charge in [0.05, 0.1) is 9.30 Å². The largest absolute Gasteiger partial charge is 0.207 e. The van der Waals surface area contributed by atoms with Gasteiger partial charge in [0.25, 0.3) is 0 Å². The molecule has 5 heteroatoms. The van der Waals surface area contributed by atoms with Crippen LogP contribution in [0.15, 0.2) is 39.3 Å². The van der Waals surface area contributed by atoms with Gasteiger partial charge < -0.3 is 0 Å². The van der Waals surface area contributed by atoms with Crippen molar-refractivity contribution in [2.75, 3.05) is 0 Å². The molecule has 1 unspecified atom stereocenters. The van der Waals surface area contributed by atoms with Gasteiger partial charge in [0, 0.05) is 10.0 Å². The molecule has 0 fully saturated rings. The third kappa shape index (κ3) is 3.44. The summed E-state index contributed by atoms with van der Waals surface area (Å²) in [6.07, 6.45) is 0. The molecule has 2 aromatic rings. The molecule has 0 amide bonds. The molecule has 2 aromatic carbocycles. The van der Waals surface area contributed by atoms with Crippen LogP contribution in [-0.4, -0.2) is 0 Å². The van der Waals surface area contributed by atoms with Crippen LogP contribution in [0.25, 0.3) is 0 Å². The van der Waals surface area contributed by atoms with Crippen molar-refractivity contribution in [3.05, 3.63) is 67.6 Å². The van der Waals surface area contributed by atoms with Crippen LogP contribution in [0.4, 0.5) is 8.78 Å². The summed E-state index contributed by atoms with van der Waals surface area (Å²) in [6.45, 7) is 1.95. The number of hydrogen-bond donors (Lipinski definition) is 0. The number of benzene rings is 2. The van der Waals surface area contributed by atoms with Gasteiger partial charge in [-0.2, -0.15) is 0 Å². The summed E-state index contributed by atoms with van der Waals surface area (Å²) in [7, 11) is 0. The van der Waals surface area contributed by atoms with Crippen molar-refractivity contribution in [1.82, 2.24) is 0 Å². The van der Waals surface area contributed by atoms with Gasteiger partial charge in [0.15, 0.2) is 0 Å². The summed E-state index contributed by atoms with van der Waals surface area (Å²) in [6, 6.07) is 8.12. The average molecular weight is 455 g/mol. The molecule has 0 spiro atoms. The predicted octanol–water partition coefficient (Wildman–Crippen LogP) is 6.28. The van der Waals surface area contributed by atoms with Gasteiger partial charge >= 0.3 is 0 Å². The zero-order valence-corrected chi connectivity index (χ0v) is 14.6. The van der Waals surface area contributed by atoms with Crippen molar-refractivity contribution in [3.63, 3.8) is 0 Å². The second-order valence-corrected chi connectivity index (χ2v) is 6.90. The van der Waals surface area contributed by atoms with Crippen LogP contribution in [0, 0.1) is 18.6 Å². The third-order valence-electron chi connectivity index (χ3n) is 2.67. The molecule has 0 aliphatic heterocycles. The number of alkyl halides is 1. The zero-order valence-electron chi connectivity index (χ0n) is 9.85. The molecule has 0 aliphatic carbocycles. The van der Waals surface area contributed by atoms with E-state index in [9.17, 15) is 8.78 Å². The Morgan fingerprint density at radius 3 is 2.26 bits per heavy atom. The molecule has 2 rings (SSSR count). The monoisotopic (exact) mass is 452 g/mol. The second-order valence-electron chi connectivity index (χ2n) is 4.21. The smallest absolute Gasteiger partial charge is 0.137 e. The molecule has 0 nitrogen and oxygen atoms in total. The minimum atomic E-state index is -0.479. The Labute approximate surface area is 135 Å². The second kappa shape index (κ2) is 6.02. The molecule has 0 saturated carbocycles. The molecule has 0 aromatic heterocycles. The van der Waals surface area contributed by atoms with E-state index in [1.165, 1.54) is 6.07 Å². The maximum Gasteiger partial charge on any atom is 0.137 e. The topological polar surface area (TPSA) is 0 Å². The van der Waals surface area contributed by atoms with E-state index in [1.54, 1.807) is 0 Å². The van der Waals surface area contributed by atoms with E-state index in [-0.39, 0.29) is 10.0 Å². The van der Waals surface area contributed by atoms with E-state index in [0.29, 0.717) is 0 Å². The Kier molecular flexibility index (Phi) is 4.79. The average Bonchev–Trinajstić information content (AvgIpc) is 2.31. The van der Waals surface area contributed by atoms with Crippen molar-refractivity contribution < 1.29 is 8.78 Å². The van der Waals surface area contributed by atoms with E-state index in [0.717, 1.165) is 21.7 Å². The molecule has 0 radical (unpaired) electrons. The number of halogens is 5. The first kappa shape index (κ1) is 15.1. The molecule has 0 aliphatic rings. The fourth-order valence-corrected chi connectivity index (χ4v) is 3.38. The van der Waals surface area contributed by atoms with Crippen LogP contribution in [0.1, 0.15) is 21.5 Å². The summed E-state index contributed by atoms with van der Waals surface area (Å²) in [4.78, 5) is -0.397. The molecule has 19 heavy (non-hydrogen) atoms. The Morgan fingerprint density at radius 1 is 0.947 bits per heavy atom. The molecule has 0 heterocycles. The lowest BCUT2D eigenvalue weighted by atomic mass is 10.0. The predicted molar refractivity (Wildman–Crippen MR) is 83.7 cm³/mol. The van der Waals surface area contributed by atoms with Crippen LogP contribution < -0.4 is 0 Å². The first-order valence-corrected chi connectivity index (χ1v) is 7.94. The van der Waals surface area contributed by atoms with Crippen LogP contribution >= 0.6 is 47.8 Å². The molecule has 0 saturated heterocycles. The summed E-state index contributed by atoms with van der Waals surface area (Å²) < 4.78 is 28.5. The Balaban J connectivity index is 2.49. The van der Waals surface area contributed by atoms with Gasteiger partial charge in [0.1, 0.15) is 11.6 Å². The number of rotatable bonds is 2. The minimum Gasteiger partial charge on any atom is -0.207 e. The molecular formula is C14H9Br3F2. The van der Waals surface area contributed by atoms with Gasteiger partial charge in [-0.05, 0) is 58.2 Å². The van der Waals surface area contributed by atoms with Crippen molar-refractivity contribution >= 4 is 47.8 Å². The summed E-state index contributed by atoms with van der Waals surface area (Å²) in [5.41, 5.74) is 2.19. The molecule has 100 valence electrons. The third-order valence-corrected chi connectivity index (χ3v) is 4.76. The summed E-state index contributed by atoms with van der Waals surface area (Å²) in [5, 5.41) is 0. The first-order valence-electron chi connectivity index (χ1n) is 5.44. The minimum absolute atomic E-state index is 0.124. The van der Waals surface area contributed by atoms with Crippen LogP contribution in [0.2, 0.25) is 0 Å². The van der Waals surface area contributed by atoms with Crippen LogP contribution in [-0.2, 0) is 0 Å². The van der Waals surface area contributed by atoms with Gasteiger partial charge in [-0.15, -0.1) is 0 Å². The standard InChI is InChI=1S/C14H9Br3F2/c1-7-2-8(4-9(15)3-7)14(17)10-5-13(19)11(16)6-12(10)18/h2-6,14H,1H3. The molecule has 1 atom stereocenters. The maximum absolute atomic E-state index is 13.9. The van der Waals surface area contributed by atoms with E-state index >= 15 is 0 Å². The van der Waals surface area contributed by atoms with Gasteiger partial charge in [0.2, 0.25) is 0 Å². The lowest BCUT2D eigenvalue weighted by Crippen LogP contribution is -1.99. The molecule has 0 bridgehead atoms. The van der Waals surface area contributed by atoms with Crippen molar-refractivity contribution in [2.45, 2.75) is 11.8 Å². The summed E-state index contributed by atoms with van der Waals surface area (Å²) >= 11 is 9.80. The fourth-order valence-electron chi connectivity index (χ4n) is 1.82. The van der Waals surface area contributed by atoms with Gasteiger partial charge in [-0.25, -0.2) is 8.78 Å². The first-order chi connectivity index (χ1) is 8.88. The molecular weight excluding hydrogens is 446 g/mol. The highest BCUT2D eigenvalue weighted by molar-refractivity contribution is 9.10. The highest BCUT2D eigenvalue weighted by Crippen LogP contribution is 2.36. The Bertz CT molecular complexity index is 606. The molecule has 0 N–H and O–H groups in total. The van der Waals surface area contributed by atoms with E-state index in [2.05, 4.69) is 47.8 Å². The van der Waals surface area contributed by atoms with E-state index in [4.69, 9.17) is 0 Å². The Morgan fingerprint density at radius 2 is 1.63 bits per heavy atom. The maximum atomic E-state index is 13.9.